The van der Waals surface area contributed by atoms with Crippen LogP contribution >= 0.6 is 0 Å². The molecule has 1 saturated heterocycles. The van der Waals surface area contributed by atoms with Gasteiger partial charge in [-0.3, -0.25) is 9.59 Å². The van der Waals surface area contributed by atoms with E-state index in [1.54, 1.807) is 18.4 Å². The zero-order valence-electron chi connectivity index (χ0n) is 20.8. The Morgan fingerprint density at radius 1 is 0.861 bits per heavy atom. The van der Waals surface area contributed by atoms with Gasteiger partial charge in [0.2, 0.25) is 11.8 Å². The van der Waals surface area contributed by atoms with Crippen molar-refractivity contribution in [3.05, 3.63) is 34.6 Å². The summed E-state index contributed by atoms with van der Waals surface area (Å²) in [6, 6.07) is 0. The molecule has 2 aliphatic heterocycles. The summed E-state index contributed by atoms with van der Waals surface area (Å²) in [7, 11) is 0. The van der Waals surface area contributed by atoms with Crippen LogP contribution in [0, 0.1) is 5.92 Å². The molecule has 1 atom stereocenters. The second-order valence-electron chi connectivity index (χ2n) is 6.64. The molecule has 0 aromatic rings. The van der Waals surface area contributed by atoms with Crippen LogP contribution in [-0.2, 0) is 48.5 Å². The zero-order valence-corrected chi connectivity index (χ0v) is 24.0. The first-order valence-corrected chi connectivity index (χ1v) is 10.2. The number of carbonyl (C=O) groups excluding carboxylic acids is 2. The minimum absolute atomic E-state index is 0. The van der Waals surface area contributed by atoms with Crippen LogP contribution in [-0.4, -0.2) is 97.5 Å². The number of hydrogen-bond donors (Lipinski definition) is 10. The summed E-state index contributed by atoms with van der Waals surface area (Å²) < 4.78 is 0. The topological polar surface area (TPSA) is 276 Å². The largest absolute Gasteiger partial charge is 0.687 e. The van der Waals surface area contributed by atoms with Gasteiger partial charge in [0.15, 0.2) is 0 Å². The first kappa shape index (κ1) is 48.2. The third-order valence-electron chi connectivity index (χ3n) is 2.69. The molecule has 1 unspecified atom stereocenters. The van der Waals surface area contributed by atoms with E-state index >= 15 is 0 Å². The van der Waals surface area contributed by atoms with E-state index in [4.69, 9.17) is 52.3 Å². The fourth-order valence-electron chi connectivity index (χ4n) is 1.60. The van der Waals surface area contributed by atoms with Gasteiger partial charge in [-0.1, -0.05) is 25.1 Å². The SMILES string of the molecule is CC(O)O.CC(O)O.CC(O)O.CC(O)O.NC(=O)C1=CC=C[N-]C1.NC(=O)C1CCC[N-]C1.[Rh].[Rh]. The van der Waals surface area contributed by atoms with Crippen molar-refractivity contribution in [2.75, 3.05) is 19.6 Å². The maximum Gasteiger partial charge on any atom is 0.243 e. The standard InChI is InChI=1S/C6H11N2O.C6H8N2O.4C2H6O2.2Rh/c2*7-6(9)5-2-1-3-8-4-5;4*1-2(3)4;;/h5H,1-4H2,(H2,7,9);1-3H,4H2,(H3,7,8,9);4*2-4H,1H3;;/q-1;;;;;;;/p-1. The maximum atomic E-state index is 10.5. The smallest absolute Gasteiger partial charge is 0.243 e. The summed E-state index contributed by atoms with van der Waals surface area (Å²) in [5.41, 5.74) is 10.6. The first-order valence-electron chi connectivity index (χ1n) is 10.2. The van der Waals surface area contributed by atoms with Crippen molar-refractivity contribution in [2.24, 2.45) is 17.4 Å². The van der Waals surface area contributed by atoms with Crippen molar-refractivity contribution in [3.63, 3.8) is 0 Å². The normalized spacial score (nSPS) is 15.0. The van der Waals surface area contributed by atoms with Gasteiger partial charge in [0, 0.05) is 44.9 Å². The molecule has 0 aliphatic carbocycles. The zero-order chi connectivity index (χ0) is 27.7. The van der Waals surface area contributed by atoms with E-state index in [-0.39, 0.29) is 56.7 Å². The number of aliphatic hydroxyl groups is 8. The van der Waals surface area contributed by atoms with E-state index in [1.807, 2.05) is 0 Å². The predicted octanol–water partition coefficient (Wildman–Crippen LogP) is -2.18. The molecule has 0 aromatic carbocycles. The molecule has 2 amide bonds. The Labute approximate surface area is 238 Å². The Balaban J connectivity index is -0.0000000781. The van der Waals surface area contributed by atoms with Crippen LogP contribution in [0.1, 0.15) is 40.5 Å². The van der Waals surface area contributed by atoms with Gasteiger partial charge < -0.3 is 63.0 Å². The van der Waals surface area contributed by atoms with Gasteiger partial charge in [0.1, 0.15) is 25.2 Å². The number of nitrogens with zero attached hydrogens (tertiary/aromatic N) is 2. The average Bonchev–Trinajstić information content (AvgIpc) is 2.68. The number of hydrogen-bond acceptors (Lipinski definition) is 10. The monoisotopic (exact) mass is 704 g/mol. The van der Waals surface area contributed by atoms with Gasteiger partial charge >= 0.3 is 0 Å². The Hall–Kier alpha value is -0.893. The van der Waals surface area contributed by atoms with Crippen LogP contribution in [0.5, 0.6) is 0 Å². The minimum Gasteiger partial charge on any atom is -0.687 e. The van der Waals surface area contributed by atoms with Crippen molar-refractivity contribution in [1.82, 2.24) is 0 Å². The molecule has 222 valence electrons. The van der Waals surface area contributed by atoms with E-state index in [0.29, 0.717) is 18.7 Å². The number of amides is 2. The van der Waals surface area contributed by atoms with E-state index in [9.17, 15) is 9.59 Å². The molecule has 16 heteroatoms. The third kappa shape index (κ3) is 63.9. The number of rotatable bonds is 2. The fourth-order valence-corrected chi connectivity index (χ4v) is 1.60. The minimum atomic E-state index is -1.17. The molecule has 0 spiro atoms. The number of aliphatic hydroxyl groups excluding tert-OH is 4. The third-order valence-corrected chi connectivity index (χ3v) is 2.69. The Kier molecular flexibility index (Phi) is 45.7. The van der Waals surface area contributed by atoms with Gasteiger partial charge in [-0.15, -0.1) is 13.1 Å². The average molecular weight is 704 g/mol. The predicted molar refractivity (Wildman–Crippen MR) is 125 cm³/mol. The number of nitrogens with two attached hydrogens (primary N) is 2. The van der Waals surface area contributed by atoms with Crippen LogP contribution in [0.15, 0.2) is 23.9 Å². The summed E-state index contributed by atoms with van der Waals surface area (Å²) in [6.45, 7) is 7.09. The molecule has 36 heavy (non-hydrogen) atoms. The van der Waals surface area contributed by atoms with Crippen LogP contribution < -0.4 is 11.5 Å². The van der Waals surface area contributed by atoms with Gasteiger partial charge in [0.05, 0.1) is 0 Å². The van der Waals surface area contributed by atoms with Crippen molar-refractivity contribution >= 4 is 11.8 Å². The summed E-state index contributed by atoms with van der Waals surface area (Å²) >= 11 is 0. The van der Waals surface area contributed by atoms with Crippen LogP contribution in [0.2, 0.25) is 0 Å². The molecule has 2 heterocycles. The molecule has 0 aromatic heterocycles. The summed E-state index contributed by atoms with van der Waals surface area (Å²) in [5, 5.41) is 68.8. The fraction of sp³-hybridized carbons (Fsp3) is 0.700. The van der Waals surface area contributed by atoms with Crippen molar-refractivity contribution in [3.8, 4) is 0 Å². The number of carbonyl (C=O) groups is 2. The number of piperidine rings is 1. The maximum absolute atomic E-state index is 10.5. The molecule has 2 rings (SSSR count). The number of allylic oxidation sites excluding steroid dienone is 2. The van der Waals surface area contributed by atoms with Crippen molar-refractivity contribution in [2.45, 2.75) is 65.7 Å². The van der Waals surface area contributed by atoms with Crippen LogP contribution in [0.4, 0.5) is 0 Å². The molecule has 12 N–H and O–H groups in total. The molecular formula is C20H42N4O10Rh2-2. The second-order valence-corrected chi connectivity index (χ2v) is 6.64. The Bertz CT molecular complexity index is 512. The molecule has 1 fully saturated rings. The van der Waals surface area contributed by atoms with Gasteiger partial charge in [-0.05, 0) is 39.7 Å². The van der Waals surface area contributed by atoms with E-state index in [1.165, 1.54) is 27.7 Å². The van der Waals surface area contributed by atoms with E-state index in [0.717, 1.165) is 19.4 Å². The molecule has 2 aliphatic rings. The van der Waals surface area contributed by atoms with E-state index in [2.05, 4.69) is 10.6 Å². The molecule has 2 radical (unpaired) electrons. The van der Waals surface area contributed by atoms with Gasteiger partial charge in [0.25, 0.3) is 0 Å². The number of primary amides is 2. The van der Waals surface area contributed by atoms with Crippen molar-refractivity contribution < 1.29 is 89.4 Å². The van der Waals surface area contributed by atoms with Crippen LogP contribution in [0.25, 0.3) is 10.6 Å². The second kappa shape index (κ2) is 34.1. The van der Waals surface area contributed by atoms with Crippen molar-refractivity contribution in [1.29, 1.82) is 0 Å². The molecular weight excluding hydrogens is 662 g/mol. The molecule has 0 bridgehead atoms. The Morgan fingerprint density at radius 2 is 1.25 bits per heavy atom. The Morgan fingerprint density at radius 3 is 1.42 bits per heavy atom. The molecule has 14 nitrogen and oxygen atoms in total. The first-order chi connectivity index (χ1) is 15.5. The summed E-state index contributed by atoms with van der Waals surface area (Å²) in [4.78, 5) is 20.9. The van der Waals surface area contributed by atoms with Crippen LogP contribution in [0.3, 0.4) is 0 Å². The quantitative estimate of drug-likeness (QED) is 0.110. The van der Waals surface area contributed by atoms with Gasteiger partial charge in [-0.2, -0.15) is 6.20 Å². The van der Waals surface area contributed by atoms with Gasteiger partial charge in [-0.25, -0.2) is 0 Å². The van der Waals surface area contributed by atoms with E-state index < -0.39 is 25.2 Å². The summed E-state index contributed by atoms with van der Waals surface area (Å²) in [6.07, 6.45) is 2.30. The molecule has 0 saturated carbocycles. The summed E-state index contributed by atoms with van der Waals surface area (Å²) in [5.74, 6) is -0.555.